The van der Waals surface area contributed by atoms with Crippen molar-refractivity contribution in [1.29, 1.82) is 0 Å². The number of nitro benzene ring substituents is 1. The van der Waals surface area contributed by atoms with Gasteiger partial charge in [-0.1, -0.05) is 11.6 Å². The van der Waals surface area contributed by atoms with Crippen molar-refractivity contribution in [3.63, 3.8) is 0 Å². The van der Waals surface area contributed by atoms with E-state index in [-0.39, 0.29) is 16.1 Å². The van der Waals surface area contributed by atoms with Crippen LogP contribution in [0.3, 0.4) is 0 Å². The van der Waals surface area contributed by atoms with Gasteiger partial charge in [0.15, 0.2) is 0 Å². The number of hydrazine groups is 2. The largest absolute Gasteiger partial charge is 0.290 e. The first kappa shape index (κ1) is 13.8. The molecule has 1 aromatic rings. The average Bonchev–Trinajstić information content (AvgIpc) is 2.36. The average molecular weight is 274 g/mol. The normalized spacial score (nSPS) is 9.72. The summed E-state index contributed by atoms with van der Waals surface area (Å²) in [5.74, 6) is 8.06. The van der Waals surface area contributed by atoms with Crippen LogP contribution < -0.4 is 22.5 Å². The van der Waals surface area contributed by atoms with E-state index in [0.717, 1.165) is 12.1 Å². The molecule has 0 unspecified atom stereocenters. The highest BCUT2D eigenvalue weighted by Gasteiger charge is 2.24. The number of nitrogens with zero attached hydrogens (tertiary/aromatic N) is 1. The molecule has 18 heavy (non-hydrogen) atoms. The summed E-state index contributed by atoms with van der Waals surface area (Å²) in [5.41, 5.74) is 2.33. The lowest BCUT2D eigenvalue weighted by molar-refractivity contribution is -0.385. The van der Waals surface area contributed by atoms with Crippen LogP contribution in [-0.4, -0.2) is 16.7 Å². The molecule has 1 rings (SSSR count). The van der Waals surface area contributed by atoms with Crippen molar-refractivity contribution < 1.29 is 14.5 Å². The quantitative estimate of drug-likeness (QED) is 0.251. The first-order chi connectivity index (χ1) is 8.42. The number of rotatable bonds is 3. The topological polar surface area (TPSA) is 153 Å². The lowest BCUT2D eigenvalue weighted by Crippen LogP contribution is -2.32. The van der Waals surface area contributed by atoms with E-state index in [1.165, 1.54) is 0 Å². The second kappa shape index (κ2) is 5.40. The molecular weight excluding hydrogens is 266 g/mol. The predicted molar refractivity (Wildman–Crippen MR) is 61.4 cm³/mol. The third-order valence-electron chi connectivity index (χ3n) is 2.03. The number of hydrogen-bond donors (Lipinski definition) is 4. The van der Waals surface area contributed by atoms with E-state index < -0.39 is 22.4 Å². The number of carbonyl (C=O) groups is 2. The molecule has 0 aliphatic rings. The van der Waals surface area contributed by atoms with Crippen LogP contribution in [0.15, 0.2) is 12.1 Å². The Kier molecular flexibility index (Phi) is 4.15. The molecule has 0 saturated heterocycles. The van der Waals surface area contributed by atoms with Gasteiger partial charge in [-0.2, -0.15) is 0 Å². The molecule has 1 aromatic carbocycles. The third kappa shape index (κ3) is 2.53. The van der Waals surface area contributed by atoms with Crippen molar-refractivity contribution in [1.82, 2.24) is 10.9 Å². The number of nitrogens with two attached hydrogens (primary N) is 2. The fourth-order valence-electron chi connectivity index (χ4n) is 1.22. The maximum Gasteiger partial charge on any atom is 0.283 e. The zero-order valence-electron chi connectivity index (χ0n) is 8.77. The number of benzene rings is 1. The van der Waals surface area contributed by atoms with Gasteiger partial charge in [0, 0.05) is 6.07 Å². The van der Waals surface area contributed by atoms with Gasteiger partial charge in [0.1, 0.15) is 5.56 Å². The molecule has 6 N–H and O–H groups in total. The van der Waals surface area contributed by atoms with Crippen molar-refractivity contribution in [2.75, 3.05) is 0 Å². The van der Waals surface area contributed by atoms with E-state index in [1.54, 1.807) is 10.9 Å². The SMILES string of the molecule is NNC(=O)c1cc([N+](=O)[O-])c(C(=O)NN)cc1Cl. The van der Waals surface area contributed by atoms with Gasteiger partial charge in [0.2, 0.25) is 0 Å². The Morgan fingerprint density at radius 2 is 1.67 bits per heavy atom. The Balaban J connectivity index is 3.48. The zero-order valence-corrected chi connectivity index (χ0v) is 9.52. The van der Waals surface area contributed by atoms with Crippen LogP contribution in [0, 0.1) is 10.1 Å². The second-order valence-electron chi connectivity index (χ2n) is 3.05. The van der Waals surface area contributed by atoms with Crippen LogP contribution in [0.2, 0.25) is 5.02 Å². The van der Waals surface area contributed by atoms with E-state index in [0.29, 0.717) is 0 Å². The number of nitro groups is 1. The number of nitrogen functional groups attached to an aromatic ring is 2. The highest BCUT2D eigenvalue weighted by molar-refractivity contribution is 6.34. The van der Waals surface area contributed by atoms with E-state index in [1.807, 2.05) is 0 Å². The van der Waals surface area contributed by atoms with Gasteiger partial charge < -0.3 is 0 Å². The van der Waals surface area contributed by atoms with E-state index >= 15 is 0 Å². The number of hydrogen-bond acceptors (Lipinski definition) is 6. The Morgan fingerprint density at radius 3 is 2.11 bits per heavy atom. The molecular formula is C8H8ClN5O4. The first-order valence-electron chi connectivity index (χ1n) is 4.42. The number of halogens is 1. The Hall–Kier alpha value is -2.23. The van der Waals surface area contributed by atoms with Crippen molar-refractivity contribution in [2.24, 2.45) is 11.7 Å². The molecule has 9 nitrogen and oxygen atoms in total. The molecule has 2 amide bonds. The fourth-order valence-corrected chi connectivity index (χ4v) is 1.47. The van der Waals surface area contributed by atoms with Crippen molar-refractivity contribution >= 4 is 29.1 Å². The molecule has 0 aliphatic carbocycles. The third-order valence-corrected chi connectivity index (χ3v) is 2.35. The van der Waals surface area contributed by atoms with E-state index in [2.05, 4.69) is 0 Å². The van der Waals surface area contributed by atoms with Crippen LogP contribution in [0.4, 0.5) is 5.69 Å². The monoisotopic (exact) mass is 273 g/mol. The smallest absolute Gasteiger partial charge is 0.283 e. The molecule has 0 fully saturated rings. The fraction of sp³-hybridized carbons (Fsp3) is 0. The van der Waals surface area contributed by atoms with Crippen LogP contribution in [0.1, 0.15) is 20.7 Å². The molecule has 10 heteroatoms. The van der Waals surface area contributed by atoms with Gasteiger partial charge in [-0.15, -0.1) is 0 Å². The summed E-state index contributed by atoms with van der Waals surface area (Å²) in [6.07, 6.45) is 0. The van der Waals surface area contributed by atoms with Crippen LogP contribution in [0.25, 0.3) is 0 Å². The molecule has 96 valence electrons. The maximum absolute atomic E-state index is 11.3. The van der Waals surface area contributed by atoms with Crippen LogP contribution in [-0.2, 0) is 0 Å². The highest BCUT2D eigenvalue weighted by Crippen LogP contribution is 2.27. The Bertz CT molecular complexity index is 532. The van der Waals surface area contributed by atoms with Gasteiger partial charge in [0.05, 0.1) is 15.5 Å². The maximum atomic E-state index is 11.3. The minimum atomic E-state index is -0.900. The van der Waals surface area contributed by atoms with Gasteiger partial charge in [0.25, 0.3) is 17.5 Å². The second-order valence-corrected chi connectivity index (χ2v) is 3.46. The number of carbonyl (C=O) groups excluding carboxylic acids is 2. The highest BCUT2D eigenvalue weighted by atomic mass is 35.5. The molecule has 0 spiro atoms. The standard InChI is InChI=1S/C8H8ClN5O4/c9-5-1-4(8(16)13-11)6(14(17)18)2-3(5)7(15)12-10/h1-2H,10-11H2,(H,12,15)(H,13,16). The van der Waals surface area contributed by atoms with E-state index in [9.17, 15) is 19.7 Å². The number of amides is 2. The Morgan fingerprint density at radius 1 is 1.17 bits per heavy atom. The summed E-state index contributed by atoms with van der Waals surface area (Å²) in [4.78, 5) is 32.6. The molecule has 0 atom stereocenters. The summed E-state index contributed by atoms with van der Waals surface area (Å²) >= 11 is 5.72. The van der Waals surface area contributed by atoms with Crippen molar-refractivity contribution in [2.45, 2.75) is 0 Å². The van der Waals surface area contributed by atoms with Crippen LogP contribution >= 0.6 is 11.6 Å². The minimum absolute atomic E-state index is 0.165. The number of nitrogens with one attached hydrogen (secondary N) is 2. The summed E-state index contributed by atoms with van der Waals surface area (Å²) < 4.78 is 0. The van der Waals surface area contributed by atoms with Gasteiger partial charge in [-0.3, -0.25) is 30.6 Å². The van der Waals surface area contributed by atoms with Crippen LogP contribution in [0.5, 0.6) is 0 Å². The molecule has 0 radical (unpaired) electrons. The lowest BCUT2D eigenvalue weighted by atomic mass is 10.1. The Labute approximate surface area is 105 Å². The van der Waals surface area contributed by atoms with Gasteiger partial charge in [-0.25, -0.2) is 11.7 Å². The zero-order chi connectivity index (χ0) is 13.9. The van der Waals surface area contributed by atoms with Crippen molar-refractivity contribution in [3.8, 4) is 0 Å². The van der Waals surface area contributed by atoms with Crippen molar-refractivity contribution in [3.05, 3.63) is 38.4 Å². The molecule has 0 aliphatic heterocycles. The summed E-state index contributed by atoms with van der Waals surface area (Å²) in [5, 5.41) is 10.6. The van der Waals surface area contributed by atoms with Gasteiger partial charge in [-0.05, 0) is 6.07 Å². The first-order valence-corrected chi connectivity index (χ1v) is 4.80. The lowest BCUT2D eigenvalue weighted by Gasteiger charge is -2.06. The molecule has 0 saturated carbocycles. The minimum Gasteiger partial charge on any atom is -0.290 e. The molecule has 0 heterocycles. The molecule has 0 bridgehead atoms. The summed E-state index contributed by atoms with van der Waals surface area (Å²) in [7, 11) is 0. The summed E-state index contributed by atoms with van der Waals surface area (Å²) in [6, 6.07) is 1.81. The predicted octanol–water partition coefficient (Wildman–Crippen LogP) is -0.545. The summed E-state index contributed by atoms with van der Waals surface area (Å²) in [6.45, 7) is 0. The van der Waals surface area contributed by atoms with E-state index in [4.69, 9.17) is 23.3 Å². The molecule has 0 aromatic heterocycles. The van der Waals surface area contributed by atoms with Gasteiger partial charge >= 0.3 is 0 Å².